The first-order chi connectivity index (χ1) is 14.6. The van der Waals surface area contributed by atoms with E-state index >= 15 is 0 Å². The van der Waals surface area contributed by atoms with Gasteiger partial charge in [-0.3, -0.25) is 24.4 Å². The van der Waals surface area contributed by atoms with Gasteiger partial charge in [-0.05, 0) is 23.8 Å². The molecule has 0 bridgehead atoms. The highest BCUT2D eigenvalue weighted by Crippen LogP contribution is 2.14. The summed E-state index contributed by atoms with van der Waals surface area (Å²) < 4.78 is 2.97. The summed E-state index contributed by atoms with van der Waals surface area (Å²) in [6.45, 7) is 0.758. The third-order valence-corrected chi connectivity index (χ3v) is 4.64. The van der Waals surface area contributed by atoms with Crippen LogP contribution in [0.25, 0.3) is 16.9 Å². The SMILES string of the molecule is O=C(CCn1cc(Cl)cn1)NCc1ccnc(-n2[nH]cc(-c3cccnc3)c2=O)c1. The molecular weight excluding hydrogens is 406 g/mol. The number of hydrogen-bond donors (Lipinski definition) is 2. The van der Waals surface area contributed by atoms with Crippen LogP contribution in [-0.4, -0.2) is 35.4 Å². The molecule has 4 aromatic rings. The Morgan fingerprint density at radius 1 is 1.23 bits per heavy atom. The molecule has 2 N–H and O–H groups in total. The number of amides is 1. The monoisotopic (exact) mass is 423 g/mol. The summed E-state index contributed by atoms with van der Waals surface area (Å²) in [6.07, 6.45) is 9.97. The Balaban J connectivity index is 1.41. The minimum absolute atomic E-state index is 0.115. The summed E-state index contributed by atoms with van der Waals surface area (Å²) in [7, 11) is 0. The smallest absolute Gasteiger partial charge is 0.280 e. The van der Waals surface area contributed by atoms with Crippen LogP contribution in [0.3, 0.4) is 0 Å². The van der Waals surface area contributed by atoms with Crippen LogP contribution in [0.2, 0.25) is 5.02 Å². The maximum Gasteiger partial charge on any atom is 0.280 e. The van der Waals surface area contributed by atoms with Crippen molar-refractivity contribution in [2.24, 2.45) is 0 Å². The van der Waals surface area contributed by atoms with Crippen molar-refractivity contribution < 1.29 is 4.79 Å². The van der Waals surface area contributed by atoms with Gasteiger partial charge in [-0.1, -0.05) is 17.7 Å². The lowest BCUT2D eigenvalue weighted by molar-refractivity contribution is -0.121. The van der Waals surface area contributed by atoms with Crippen LogP contribution in [0, 0.1) is 0 Å². The highest BCUT2D eigenvalue weighted by molar-refractivity contribution is 6.30. The van der Waals surface area contributed by atoms with Gasteiger partial charge in [0, 0.05) is 56.1 Å². The first-order valence-electron chi connectivity index (χ1n) is 9.21. The van der Waals surface area contributed by atoms with Gasteiger partial charge in [0.2, 0.25) is 5.91 Å². The number of H-pyrrole nitrogens is 1. The first kappa shape index (κ1) is 19.6. The van der Waals surface area contributed by atoms with Gasteiger partial charge < -0.3 is 5.32 Å². The van der Waals surface area contributed by atoms with Crippen LogP contribution in [0.1, 0.15) is 12.0 Å². The first-order valence-corrected chi connectivity index (χ1v) is 9.59. The van der Waals surface area contributed by atoms with Crippen molar-refractivity contribution in [3.8, 4) is 16.9 Å². The molecule has 0 unspecified atom stereocenters. The van der Waals surface area contributed by atoms with Crippen LogP contribution in [0.15, 0.2) is 66.2 Å². The lowest BCUT2D eigenvalue weighted by Crippen LogP contribution is -2.24. The Morgan fingerprint density at radius 3 is 2.90 bits per heavy atom. The Labute approximate surface area is 176 Å². The molecule has 0 aliphatic carbocycles. The summed E-state index contributed by atoms with van der Waals surface area (Å²) >= 11 is 5.81. The normalized spacial score (nSPS) is 10.8. The van der Waals surface area contributed by atoms with Crippen molar-refractivity contribution in [2.75, 3.05) is 0 Å². The Bertz CT molecular complexity index is 1210. The van der Waals surface area contributed by atoms with Crippen LogP contribution in [0.4, 0.5) is 0 Å². The number of hydrogen-bond acceptors (Lipinski definition) is 5. The number of aromatic nitrogens is 6. The molecule has 0 saturated carbocycles. The van der Waals surface area contributed by atoms with E-state index in [1.807, 2.05) is 6.07 Å². The number of carbonyl (C=O) groups is 1. The van der Waals surface area contributed by atoms with Crippen LogP contribution in [-0.2, 0) is 17.9 Å². The number of nitrogens with one attached hydrogen (secondary N) is 2. The minimum Gasteiger partial charge on any atom is -0.352 e. The molecule has 4 heterocycles. The third-order valence-electron chi connectivity index (χ3n) is 4.44. The number of halogens is 1. The molecule has 9 nitrogen and oxygen atoms in total. The summed E-state index contributed by atoms with van der Waals surface area (Å²) in [5.41, 5.74) is 1.82. The number of rotatable bonds is 7. The maximum atomic E-state index is 12.7. The quantitative estimate of drug-likeness (QED) is 0.473. The Hall–Kier alpha value is -3.72. The second-order valence-electron chi connectivity index (χ2n) is 6.54. The van der Waals surface area contributed by atoms with Crippen molar-refractivity contribution in [3.63, 3.8) is 0 Å². The van der Waals surface area contributed by atoms with Crippen LogP contribution >= 0.6 is 11.6 Å². The van der Waals surface area contributed by atoms with E-state index in [-0.39, 0.29) is 17.9 Å². The highest BCUT2D eigenvalue weighted by atomic mass is 35.5. The largest absolute Gasteiger partial charge is 0.352 e. The summed E-state index contributed by atoms with van der Waals surface area (Å²) in [6, 6.07) is 7.12. The Morgan fingerprint density at radius 2 is 2.13 bits per heavy atom. The zero-order chi connectivity index (χ0) is 20.9. The van der Waals surface area contributed by atoms with E-state index in [2.05, 4.69) is 25.5 Å². The predicted molar refractivity (Wildman–Crippen MR) is 111 cm³/mol. The van der Waals surface area contributed by atoms with E-state index < -0.39 is 0 Å². The fraction of sp³-hybridized carbons (Fsp3) is 0.150. The molecule has 152 valence electrons. The van der Waals surface area contributed by atoms with E-state index in [1.54, 1.807) is 53.9 Å². The van der Waals surface area contributed by atoms with E-state index in [1.165, 1.54) is 10.9 Å². The highest BCUT2D eigenvalue weighted by Gasteiger charge is 2.11. The van der Waals surface area contributed by atoms with E-state index in [0.29, 0.717) is 29.5 Å². The van der Waals surface area contributed by atoms with Gasteiger partial charge in [0.1, 0.15) is 0 Å². The molecule has 0 fully saturated rings. The van der Waals surface area contributed by atoms with Gasteiger partial charge in [-0.15, -0.1) is 0 Å². The molecular formula is C20H18ClN7O2. The van der Waals surface area contributed by atoms with Crippen molar-refractivity contribution >= 4 is 17.5 Å². The Kier molecular flexibility index (Phi) is 5.71. The zero-order valence-corrected chi connectivity index (χ0v) is 16.6. The van der Waals surface area contributed by atoms with Gasteiger partial charge in [0.15, 0.2) is 5.82 Å². The molecule has 10 heteroatoms. The van der Waals surface area contributed by atoms with Gasteiger partial charge >= 0.3 is 0 Å². The average molecular weight is 424 g/mol. The van der Waals surface area contributed by atoms with Gasteiger partial charge in [-0.25, -0.2) is 9.67 Å². The fourth-order valence-electron chi connectivity index (χ4n) is 2.93. The molecule has 30 heavy (non-hydrogen) atoms. The van der Waals surface area contributed by atoms with E-state index in [4.69, 9.17) is 11.6 Å². The lowest BCUT2D eigenvalue weighted by atomic mass is 10.2. The van der Waals surface area contributed by atoms with E-state index in [9.17, 15) is 9.59 Å². The minimum atomic E-state index is -0.227. The maximum absolute atomic E-state index is 12.7. The van der Waals surface area contributed by atoms with Crippen molar-refractivity contribution in [1.29, 1.82) is 0 Å². The summed E-state index contributed by atoms with van der Waals surface area (Å²) in [5, 5.41) is 10.4. The standard InChI is InChI=1S/C20H18ClN7O2/c21-16-11-25-27(13-16)7-4-19(29)24-9-14-3-6-23-18(8-14)28-20(30)17(12-26-28)15-2-1-5-22-10-15/h1-3,5-6,8,10-13,26H,4,7,9H2,(H,24,29). The number of nitrogens with zero attached hydrogens (tertiary/aromatic N) is 5. The zero-order valence-electron chi connectivity index (χ0n) is 15.8. The molecule has 0 radical (unpaired) electrons. The molecule has 0 aliphatic heterocycles. The molecule has 4 rings (SSSR count). The van der Waals surface area contributed by atoms with E-state index in [0.717, 1.165) is 11.1 Å². The number of aromatic amines is 1. The summed E-state index contributed by atoms with van der Waals surface area (Å²) in [4.78, 5) is 33.2. The molecule has 0 spiro atoms. The second kappa shape index (κ2) is 8.75. The van der Waals surface area contributed by atoms with Crippen molar-refractivity contribution in [2.45, 2.75) is 19.5 Å². The van der Waals surface area contributed by atoms with Gasteiger partial charge in [0.25, 0.3) is 5.56 Å². The molecule has 0 aliphatic rings. The van der Waals surface area contributed by atoms with Gasteiger partial charge in [0.05, 0.1) is 16.8 Å². The number of aryl methyl sites for hydroxylation is 1. The summed E-state index contributed by atoms with van der Waals surface area (Å²) in [5.74, 6) is 0.323. The second-order valence-corrected chi connectivity index (χ2v) is 6.98. The number of carbonyl (C=O) groups excluding carboxylic acids is 1. The van der Waals surface area contributed by atoms with Crippen molar-refractivity contribution in [3.05, 3.63) is 82.4 Å². The van der Waals surface area contributed by atoms with Gasteiger partial charge in [-0.2, -0.15) is 5.10 Å². The third kappa shape index (κ3) is 4.47. The molecule has 1 amide bonds. The lowest BCUT2D eigenvalue weighted by Gasteiger charge is -2.07. The number of pyridine rings is 2. The topological polar surface area (TPSA) is 110 Å². The van der Waals surface area contributed by atoms with Crippen LogP contribution < -0.4 is 10.9 Å². The average Bonchev–Trinajstić information content (AvgIpc) is 3.37. The fourth-order valence-corrected chi connectivity index (χ4v) is 3.08. The molecule has 0 saturated heterocycles. The van der Waals surface area contributed by atoms with Crippen molar-refractivity contribution in [1.82, 2.24) is 34.8 Å². The van der Waals surface area contributed by atoms with Crippen LogP contribution in [0.5, 0.6) is 0 Å². The molecule has 0 atom stereocenters. The molecule has 4 aromatic heterocycles. The molecule has 0 aromatic carbocycles. The predicted octanol–water partition coefficient (Wildman–Crippen LogP) is 2.18.